The van der Waals surface area contributed by atoms with Crippen LogP contribution in [0.3, 0.4) is 0 Å². The number of aliphatic hydroxyl groups is 1. The number of aryl methyl sites for hydroxylation is 1. The Balaban J connectivity index is 1.53. The van der Waals surface area contributed by atoms with Gasteiger partial charge in [-0.05, 0) is 56.2 Å². The first-order chi connectivity index (χ1) is 18.3. The minimum absolute atomic E-state index is 0.0252. The molecule has 1 aliphatic carbocycles. The summed E-state index contributed by atoms with van der Waals surface area (Å²) >= 11 is 0. The number of pyridine rings is 2. The zero-order valence-corrected chi connectivity index (χ0v) is 20.9. The van der Waals surface area contributed by atoms with Crippen molar-refractivity contribution in [2.24, 2.45) is 0 Å². The van der Waals surface area contributed by atoms with Crippen molar-refractivity contribution < 1.29 is 19.0 Å². The fourth-order valence-corrected chi connectivity index (χ4v) is 6.45. The lowest BCUT2D eigenvalue weighted by atomic mass is 9.93. The van der Waals surface area contributed by atoms with Gasteiger partial charge in [0, 0.05) is 64.3 Å². The number of phenolic OH excluding ortho intramolecular Hbond substituents is 1. The summed E-state index contributed by atoms with van der Waals surface area (Å²) in [6, 6.07) is 6.25. The molecule has 2 saturated heterocycles. The van der Waals surface area contributed by atoms with Crippen molar-refractivity contribution in [3.63, 3.8) is 0 Å². The predicted octanol–water partition coefficient (Wildman–Crippen LogP) is 4.65. The molecule has 8 heteroatoms. The number of aromatic nitrogens is 2. The van der Waals surface area contributed by atoms with Gasteiger partial charge in [-0.1, -0.05) is 12.0 Å². The number of halogens is 2. The Morgan fingerprint density at radius 1 is 1.13 bits per heavy atom. The molecular formula is C30H26F2N4O2. The van der Waals surface area contributed by atoms with Crippen LogP contribution in [0.5, 0.6) is 5.75 Å². The second-order valence-electron chi connectivity index (χ2n) is 10.8. The molecule has 2 aromatic carbocycles. The van der Waals surface area contributed by atoms with Crippen LogP contribution >= 0.6 is 0 Å². The molecule has 0 spiro atoms. The summed E-state index contributed by atoms with van der Waals surface area (Å²) < 4.78 is 31.5. The van der Waals surface area contributed by atoms with E-state index >= 15 is 4.39 Å². The SMILES string of the molecule is C#Cc1c(F)ccc2cc(O)cc(-c3ncc4c(N5CC6CCC(C5)N6)nc(C)c(C5(O)CC5)c4c3F)c12. The van der Waals surface area contributed by atoms with Crippen molar-refractivity contribution >= 4 is 27.4 Å². The summed E-state index contributed by atoms with van der Waals surface area (Å²) in [5, 5.41) is 26.9. The zero-order chi connectivity index (χ0) is 26.3. The smallest absolute Gasteiger partial charge is 0.157 e. The minimum Gasteiger partial charge on any atom is -0.508 e. The summed E-state index contributed by atoms with van der Waals surface area (Å²) in [7, 11) is 0. The van der Waals surface area contributed by atoms with Gasteiger partial charge in [-0.2, -0.15) is 0 Å². The highest BCUT2D eigenvalue weighted by atomic mass is 19.1. The Kier molecular flexibility index (Phi) is 4.97. The van der Waals surface area contributed by atoms with E-state index in [1.807, 2.05) is 0 Å². The van der Waals surface area contributed by atoms with Gasteiger partial charge in [0.05, 0.1) is 11.2 Å². The molecule has 3 N–H and O–H groups in total. The van der Waals surface area contributed by atoms with Gasteiger partial charge in [-0.15, -0.1) is 6.42 Å². The van der Waals surface area contributed by atoms with Crippen molar-refractivity contribution in [1.82, 2.24) is 15.3 Å². The molecule has 2 unspecified atom stereocenters. The van der Waals surface area contributed by atoms with Gasteiger partial charge >= 0.3 is 0 Å². The number of piperazine rings is 1. The molecule has 2 aliphatic heterocycles. The van der Waals surface area contributed by atoms with E-state index in [-0.39, 0.29) is 28.0 Å². The lowest BCUT2D eigenvalue weighted by Crippen LogP contribution is -2.51. The Hall–Kier alpha value is -3.80. The average Bonchev–Trinajstić information content (AvgIpc) is 3.55. The highest BCUT2D eigenvalue weighted by Gasteiger charge is 2.46. The first-order valence-corrected chi connectivity index (χ1v) is 12.9. The highest BCUT2D eigenvalue weighted by molar-refractivity contribution is 6.04. The van der Waals surface area contributed by atoms with E-state index in [1.165, 1.54) is 24.3 Å². The number of hydrogen-bond acceptors (Lipinski definition) is 6. The molecule has 2 aromatic heterocycles. The Bertz CT molecular complexity index is 1700. The van der Waals surface area contributed by atoms with Gasteiger partial charge in [-0.25, -0.2) is 13.8 Å². The summed E-state index contributed by atoms with van der Waals surface area (Å²) in [6.07, 6.45) is 10.4. The summed E-state index contributed by atoms with van der Waals surface area (Å²) in [5.41, 5.74) is -0.0244. The molecular weight excluding hydrogens is 486 g/mol. The molecule has 3 fully saturated rings. The molecule has 6 nitrogen and oxygen atoms in total. The number of hydrogen-bond donors (Lipinski definition) is 3. The first kappa shape index (κ1) is 23.3. The second kappa shape index (κ2) is 8.10. The van der Waals surface area contributed by atoms with Crippen molar-refractivity contribution in [2.75, 3.05) is 18.0 Å². The van der Waals surface area contributed by atoms with Crippen LogP contribution < -0.4 is 10.2 Å². The standard InChI is InChI=1S/C30H26F2N4O2/c1-3-20-23(31)7-4-16-10-19(37)11-21(24(16)20)28-27(32)25-22(12-33-28)29(34-15(2)26(25)30(38)8-9-30)36-13-17-5-6-18(14-36)35-17/h1,4,7,10-12,17-18,35,37-38H,5-6,8-9,13-14H2,2H3. The minimum atomic E-state index is -1.16. The lowest BCUT2D eigenvalue weighted by Gasteiger charge is -2.35. The predicted molar refractivity (Wildman–Crippen MR) is 142 cm³/mol. The monoisotopic (exact) mass is 512 g/mol. The van der Waals surface area contributed by atoms with Crippen LogP contribution in [0.1, 0.15) is 42.5 Å². The second-order valence-corrected chi connectivity index (χ2v) is 10.8. The largest absolute Gasteiger partial charge is 0.508 e. The van der Waals surface area contributed by atoms with Crippen molar-refractivity contribution in [1.29, 1.82) is 0 Å². The van der Waals surface area contributed by atoms with Gasteiger partial charge in [-0.3, -0.25) is 4.98 Å². The van der Waals surface area contributed by atoms with E-state index < -0.39 is 17.2 Å². The van der Waals surface area contributed by atoms with Crippen LogP contribution in [-0.2, 0) is 5.60 Å². The normalized spacial score (nSPS) is 21.7. The fourth-order valence-electron chi connectivity index (χ4n) is 6.45. The summed E-state index contributed by atoms with van der Waals surface area (Å²) in [4.78, 5) is 11.6. The van der Waals surface area contributed by atoms with Crippen LogP contribution in [0.25, 0.3) is 32.8 Å². The number of rotatable bonds is 3. The molecule has 38 heavy (non-hydrogen) atoms. The van der Waals surface area contributed by atoms with Crippen LogP contribution in [-0.4, -0.2) is 45.4 Å². The lowest BCUT2D eigenvalue weighted by molar-refractivity contribution is 0.151. The van der Waals surface area contributed by atoms with E-state index in [4.69, 9.17) is 11.4 Å². The Morgan fingerprint density at radius 2 is 1.87 bits per heavy atom. The van der Waals surface area contributed by atoms with Crippen LogP contribution in [0, 0.1) is 30.9 Å². The third-order valence-electron chi connectivity index (χ3n) is 8.30. The van der Waals surface area contributed by atoms with Crippen LogP contribution in [0.15, 0.2) is 30.5 Å². The maximum Gasteiger partial charge on any atom is 0.157 e. The molecule has 2 bridgehead atoms. The van der Waals surface area contributed by atoms with E-state index in [1.54, 1.807) is 13.1 Å². The molecule has 4 heterocycles. The number of benzene rings is 2. The molecule has 4 aromatic rings. The number of phenols is 1. The van der Waals surface area contributed by atoms with E-state index in [0.717, 1.165) is 25.9 Å². The van der Waals surface area contributed by atoms with Crippen LogP contribution in [0.2, 0.25) is 0 Å². The molecule has 3 aliphatic rings. The number of anilines is 1. The van der Waals surface area contributed by atoms with Crippen LogP contribution in [0.4, 0.5) is 14.6 Å². The number of nitrogens with one attached hydrogen (secondary N) is 1. The number of nitrogens with zero attached hydrogens (tertiary/aromatic N) is 3. The zero-order valence-electron chi connectivity index (χ0n) is 20.9. The Labute approximate surface area is 218 Å². The summed E-state index contributed by atoms with van der Waals surface area (Å²) in [6.45, 7) is 3.32. The van der Waals surface area contributed by atoms with Crippen molar-refractivity contribution in [2.45, 2.75) is 50.3 Å². The quantitative estimate of drug-likeness (QED) is 0.347. The summed E-state index contributed by atoms with van der Waals surface area (Å²) in [5.74, 6) is 1.64. The van der Waals surface area contributed by atoms with Gasteiger partial charge in [0.15, 0.2) is 5.82 Å². The highest BCUT2D eigenvalue weighted by Crippen LogP contribution is 2.51. The third kappa shape index (κ3) is 3.39. The van der Waals surface area contributed by atoms with Crippen molar-refractivity contribution in [3.05, 3.63) is 58.9 Å². The molecule has 7 rings (SSSR count). The van der Waals surface area contributed by atoms with Crippen molar-refractivity contribution in [3.8, 4) is 29.4 Å². The average molecular weight is 513 g/mol. The fraction of sp³-hybridized carbons (Fsp3) is 0.333. The van der Waals surface area contributed by atoms with E-state index in [9.17, 15) is 14.6 Å². The molecule has 192 valence electrons. The molecule has 1 saturated carbocycles. The molecule has 0 radical (unpaired) electrons. The van der Waals surface area contributed by atoms with E-state index in [2.05, 4.69) is 21.1 Å². The maximum atomic E-state index is 16.8. The number of terminal acetylenes is 1. The Morgan fingerprint density at radius 3 is 2.55 bits per heavy atom. The van der Waals surface area contributed by atoms with E-state index in [0.29, 0.717) is 58.2 Å². The number of aromatic hydroxyl groups is 1. The maximum absolute atomic E-state index is 16.8. The molecule has 2 atom stereocenters. The number of fused-ring (bicyclic) bond motifs is 4. The third-order valence-corrected chi connectivity index (χ3v) is 8.30. The van der Waals surface area contributed by atoms with Gasteiger partial charge in [0.25, 0.3) is 0 Å². The first-order valence-electron chi connectivity index (χ1n) is 12.9. The van der Waals surface area contributed by atoms with Gasteiger partial charge < -0.3 is 20.4 Å². The molecule has 0 amide bonds. The van der Waals surface area contributed by atoms with Gasteiger partial charge in [0.2, 0.25) is 0 Å². The topological polar surface area (TPSA) is 81.5 Å². The van der Waals surface area contributed by atoms with Gasteiger partial charge in [0.1, 0.15) is 23.1 Å².